The van der Waals surface area contributed by atoms with Gasteiger partial charge in [0, 0.05) is 0 Å². The first-order chi connectivity index (χ1) is 8.73. The monoisotopic (exact) mass is 275 g/mol. The summed E-state index contributed by atoms with van der Waals surface area (Å²) in [5.74, 6) is -3.66. The number of alkyl halides is 3. The highest BCUT2D eigenvalue weighted by Crippen LogP contribution is 2.26. The summed E-state index contributed by atoms with van der Waals surface area (Å²) in [5.41, 5.74) is 0.432. The van der Waals surface area contributed by atoms with E-state index in [1.165, 1.54) is 19.1 Å². The zero-order chi connectivity index (χ0) is 14.6. The van der Waals surface area contributed by atoms with Crippen LogP contribution in [-0.4, -0.2) is 34.6 Å². The molecule has 0 radical (unpaired) electrons. The summed E-state index contributed by atoms with van der Waals surface area (Å²) in [6, 6.07) is 6.95. The van der Waals surface area contributed by atoms with Crippen molar-refractivity contribution >= 4 is 11.9 Å². The van der Waals surface area contributed by atoms with Crippen LogP contribution in [0.2, 0.25) is 0 Å². The van der Waals surface area contributed by atoms with Crippen LogP contribution in [0, 0.1) is 0 Å². The average molecular weight is 275 g/mol. The molecule has 1 atom stereocenters. The predicted octanol–water partition coefficient (Wildman–Crippen LogP) is 2.22. The fraction of sp³-hybridized carbons (Fsp3) is 0.333. The molecule has 0 bridgehead atoms. The first-order valence-corrected chi connectivity index (χ1v) is 5.38. The van der Waals surface area contributed by atoms with Crippen LogP contribution < -0.4 is 0 Å². The van der Waals surface area contributed by atoms with Gasteiger partial charge in [0.1, 0.15) is 6.54 Å². The molecule has 0 heterocycles. The molecule has 0 aliphatic carbocycles. The zero-order valence-electron chi connectivity index (χ0n) is 10.0. The van der Waals surface area contributed by atoms with E-state index in [9.17, 15) is 22.8 Å². The second-order valence-corrected chi connectivity index (χ2v) is 3.91. The molecule has 1 N–H and O–H groups in total. The van der Waals surface area contributed by atoms with Gasteiger partial charge >= 0.3 is 18.1 Å². The molecule has 1 aromatic carbocycles. The Morgan fingerprint density at radius 2 is 1.79 bits per heavy atom. The standard InChI is InChI=1S/C12H12F3NO3/c1-8(9-5-3-2-4-6-9)16(7-10(17)18)11(19)12(13,14)15/h2-6,8H,7H2,1H3,(H,17,18)/t8-/m1/s1. The minimum Gasteiger partial charge on any atom is -0.480 e. The van der Waals surface area contributed by atoms with Gasteiger partial charge in [0.2, 0.25) is 0 Å². The van der Waals surface area contributed by atoms with Crippen molar-refractivity contribution in [3.63, 3.8) is 0 Å². The summed E-state index contributed by atoms with van der Waals surface area (Å²) < 4.78 is 37.3. The zero-order valence-corrected chi connectivity index (χ0v) is 10.0. The molecule has 0 fully saturated rings. The summed E-state index contributed by atoms with van der Waals surface area (Å²) in [5, 5.41) is 8.63. The van der Waals surface area contributed by atoms with Gasteiger partial charge in [-0.2, -0.15) is 13.2 Å². The number of hydrogen-bond donors (Lipinski definition) is 1. The van der Waals surface area contributed by atoms with Crippen molar-refractivity contribution in [2.24, 2.45) is 0 Å². The Hall–Kier alpha value is -2.05. The highest BCUT2D eigenvalue weighted by molar-refractivity contribution is 5.85. The van der Waals surface area contributed by atoms with Crippen molar-refractivity contribution in [3.8, 4) is 0 Å². The van der Waals surface area contributed by atoms with E-state index >= 15 is 0 Å². The summed E-state index contributed by atoms with van der Waals surface area (Å²) >= 11 is 0. The fourth-order valence-electron chi connectivity index (χ4n) is 1.60. The number of carboxylic acids is 1. The van der Waals surface area contributed by atoms with Gasteiger partial charge in [0.15, 0.2) is 0 Å². The van der Waals surface area contributed by atoms with E-state index in [-0.39, 0.29) is 4.90 Å². The number of carbonyl (C=O) groups is 2. The number of rotatable bonds is 4. The number of amides is 1. The molecule has 104 valence electrons. The molecule has 0 unspecified atom stereocenters. The Kier molecular flexibility index (Phi) is 4.52. The molecule has 1 aromatic rings. The number of aliphatic carboxylic acids is 1. The van der Waals surface area contributed by atoms with E-state index in [2.05, 4.69) is 0 Å². The summed E-state index contributed by atoms with van der Waals surface area (Å²) in [6.45, 7) is 0.344. The number of halogens is 3. The SMILES string of the molecule is C[C@H](c1ccccc1)N(CC(=O)O)C(=O)C(F)(F)F. The molecule has 4 nitrogen and oxygen atoms in total. The summed E-state index contributed by atoms with van der Waals surface area (Å²) in [7, 11) is 0. The second kappa shape index (κ2) is 5.73. The van der Waals surface area contributed by atoms with Gasteiger partial charge in [-0.05, 0) is 12.5 Å². The molecule has 1 rings (SSSR count). The maximum Gasteiger partial charge on any atom is 0.471 e. The van der Waals surface area contributed by atoms with Gasteiger partial charge in [-0.1, -0.05) is 30.3 Å². The predicted molar refractivity (Wildman–Crippen MR) is 60.3 cm³/mol. The van der Waals surface area contributed by atoms with E-state index in [1.807, 2.05) is 0 Å². The minimum atomic E-state index is -5.10. The van der Waals surface area contributed by atoms with Crippen molar-refractivity contribution in [2.75, 3.05) is 6.54 Å². The molecule has 7 heteroatoms. The van der Waals surface area contributed by atoms with Gasteiger partial charge < -0.3 is 10.0 Å². The lowest BCUT2D eigenvalue weighted by Gasteiger charge is -2.28. The van der Waals surface area contributed by atoms with E-state index in [0.29, 0.717) is 5.56 Å². The maximum atomic E-state index is 12.4. The second-order valence-electron chi connectivity index (χ2n) is 3.91. The van der Waals surface area contributed by atoms with Gasteiger partial charge in [0.05, 0.1) is 6.04 Å². The Bertz CT molecular complexity index is 459. The third-order valence-corrected chi connectivity index (χ3v) is 2.56. The Labute approximate surface area is 107 Å². The molecular weight excluding hydrogens is 263 g/mol. The van der Waals surface area contributed by atoms with Crippen LogP contribution in [0.15, 0.2) is 30.3 Å². The van der Waals surface area contributed by atoms with Gasteiger partial charge in [0.25, 0.3) is 0 Å². The lowest BCUT2D eigenvalue weighted by atomic mass is 10.1. The maximum absolute atomic E-state index is 12.4. The molecule has 0 aromatic heterocycles. The first-order valence-electron chi connectivity index (χ1n) is 5.38. The van der Waals surface area contributed by atoms with E-state index in [0.717, 1.165) is 0 Å². The number of nitrogens with zero attached hydrogens (tertiary/aromatic N) is 1. The highest BCUT2D eigenvalue weighted by atomic mass is 19.4. The van der Waals surface area contributed by atoms with Crippen LogP contribution in [0.4, 0.5) is 13.2 Å². The van der Waals surface area contributed by atoms with Gasteiger partial charge in [-0.25, -0.2) is 0 Å². The van der Waals surface area contributed by atoms with Crippen molar-refractivity contribution in [1.82, 2.24) is 4.90 Å². The molecule has 0 saturated heterocycles. The number of carbonyl (C=O) groups excluding carboxylic acids is 1. The van der Waals surface area contributed by atoms with E-state index < -0.39 is 30.6 Å². The minimum absolute atomic E-state index is 0.289. The molecule has 0 spiro atoms. The van der Waals surface area contributed by atoms with Crippen molar-refractivity contribution in [3.05, 3.63) is 35.9 Å². The number of benzene rings is 1. The van der Waals surface area contributed by atoms with Crippen molar-refractivity contribution < 1.29 is 27.9 Å². The Morgan fingerprint density at radius 1 is 1.26 bits per heavy atom. The molecule has 19 heavy (non-hydrogen) atoms. The van der Waals surface area contributed by atoms with Crippen LogP contribution in [0.1, 0.15) is 18.5 Å². The van der Waals surface area contributed by atoms with Crippen LogP contribution >= 0.6 is 0 Å². The van der Waals surface area contributed by atoms with Gasteiger partial charge in [-0.3, -0.25) is 9.59 Å². The molecular formula is C12H12F3NO3. The number of carboxylic acid groups (broad SMARTS) is 1. The average Bonchev–Trinajstić information content (AvgIpc) is 2.34. The third kappa shape index (κ3) is 3.97. The van der Waals surface area contributed by atoms with Crippen LogP contribution in [-0.2, 0) is 9.59 Å². The van der Waals surface area contributed by atoms with Crippen molar-refractivity contribution in [1.29, 1.82) is 0 Å². The van der Waals surface area contributed by atoms with Gasteiger partial charge in [-0.15, -0.1) is 0 Å². The largest absolute Gasteiger partial charge is 0.480 e. The molecule has 0 aliphatic heterocycles. The number of hydrogen-bond acceptors (Lipinski definition) is 2. The third-order valence-electron chi connectivity index (χ3n) is 2.56. The fourth-order valence-corrected chi connectivity index (χ4v) is 1.60. The summed E-state index contributed by atoms with van der Waals surface area (Å²) in [6.07, 6.45) is -5.10. The smallest absolute Gasteiger partial charge is 0.471 e. The van der Waals surface area contributed by atoms with E-state index in [1.54, 1.807) is 18.2 Å². The Balaban J connectivity index is 3.04. The summed E-state index contributed by atoms with van der Waals surface area (Å²) in [4.78, 5) is 22.2. The lowest BCUT2D eigenvalue weighted by molar-refractivity contribution is -0.189. The van der Waals surface area contributed by atoms with Crippen LogP contribution in [0.25, 0.3) is 0 Å². The van der Waals surface area contributed by atoms with Crippen LogP contribution in [0.5, 0.6) is 0 Å². The Morgan fingerprint density at radius 3 is 2.21 bits per heavy atom. The highest BCUT2D eigenvalue weighted by Gasteiger charge is 2.44. The molecule has 1 amide bonds. The van der Waals surface area contributed by atoms with Crippen molar-refractivity contribution in [2.45, 2.75) is 19.1 Å². The topological polar surface area (TPSA) is 57.6 Å². The quantitative estimate of drug-likeness (QED) is 0.916. The lowest BCUT2D eigenvalue weighted by Crippen LogP contribution is -2.45. The first kappa shape index (κ1) is 15.0. The van der Waals surface area contributed by atoms with E-state index in [4.69, 9.17) is 5.11 Å². The molecule has 0 aliphatic rings. The van der Waals surface area contributed by atoms with Crippen LogP contribution in [0.3, 0.4) is 0 Å². The molecule has 0 saturated carbocycles. The normalized spacial score (nSPS) is 12.8.